The quantitative estimate of drug-likeness (QED) is 0.770. The second-order valence-electron chi connectivity index (χ2n) is 5.71. The van der Waals surface area contributed by atoms with Gasteiger partial charge in [0.1, 0.15) is 0 Å². The minimum atomic E-state index is 0.165. The molecule has 0 fully saturated rings. The molecule has 0 heterocycles. The molecule has 2 atom stereocenters. The van der Waals surface area contributed by atoms with Gasteiger partial charge < -0.3 is 5.73 Å². The van der Waals surface area contributed by atoms with E-state index < -0.39 is 0 Å². The molecule has 2 aromatic carbocycles. The van der Waals surface area contributed by atoms with Crippen molar-refractivity contribution in [1.82, 2.24) is 0 Å². The fraction of sp³-hybridized carbons (Fsp3) is 0.368. The maximum atomic E-state index is 6.41. The highest BCUT2D eigenvalue weighted by molar-refractivity contribution is 7.99. The molecule has 0 amide bonds. The smallest absolute Gasteiger partial charge is 0.0498 e. The van der Waals surface area contributed by atoms with Crippen LogP contribution >= 0.6 is 11.8 Å². The van der Waals surface area contributed by atoms with Crippen LogP contribution in [0.25, 0.3) is 0 Å². The number of hydrogen-bond donors (Lipinski definition) is 1. The Labute approximate surface area is 133 Å². The van der Waals surface area contributed by atoms with E-state index in [9.17, 15) is 0 Å². The van der Waals surface area contributed by atoms with Crippen LogP contribution in [0.15, 0.2) is 47.4 Å². The van der Waals surface area contributed by atoms with Gasteiger partial charge in [-0.2, -0.15) is 0 Å². The van der Waals surface area contributed by atoms with Crippen LogP contribution in [0.4, 0.5) is 0 Å². The van der Waals surface area contributed by atoms with E-state index in [-0.39, 0.29) is 6.04 Å². The van der Waals surface area contributed by atoms with Gasteiger partial charge in [0.15, 0.2) is 0 Å². The monoisotopic (exact) mass is 299 g/mol. The Morgan fingerprint density at radius 2 is 1.67 bits per heavy atom. The van der Waals surface area contributed by atoms with Crippen LogP contribution in [0.1, 0.15) is 40.8 Å². The molecule has 2 rings (SSSR count). The highest BCUT2D eigenvalue weighted by Crippen LogP contribution is 2.39. The summed E-state index contributed by atoms with van der Waals surface area (Å²) < 4.78 is 0. The SMILES string of the molecule is CCC(N)C(Sc1ccc(C)c(C)c1)c1ccccc1C. The predicted molar refractivity (Wildman–Crippen MR) is 94.0 cm³/mol. The molecule has 0 aliphatic heterocycles. The Morgan fingerprint density at radius 1 is 0.952 bits per heavy atom. The highest BCUT2D eigenvalue weighted by Gasteiger charge is 2.21. The predicted octanol–water partition coefficient (Wildman–Crippen LogP) is 5.18. The van der Waals surface area contributed by atoms with Crippen molar-refractivity contribution >= 4 is 11.8 Å². The van der Waals surface area contributed by atoms with Gasteiger partial charge in [-0.25, -0.2) is 0 Å². The molecule has 0 spiro atoms. The van der Waals surface area contributed by atoms with Gasteiger partial charge in [0.25, 0.3) is 0 Å². The van der Waals surface area contributed by atoms with Gasteiger partial charge in [-0.3, -0.25) is 0 Å². The lowest BCUT2D eigenvalue weighted by Crippen LogP contribution is -2.26. The summed E-state index contributed by atoms with van der Waals surface area (Å²) in [6.45, 7) is 8.66. The molecule has 0 aromatic heterocycles. The first-order chi connectivity index (χ1) is 10.0. The lowest BCUT2D eigenvalue weighted by atomic mass is 10.00. The molecule has 0 aliphatic carbocycles. The van der Waals surface area contributed by atoms with Crippen molar-refractivity contribution in [1.29, 1.82) is 0 Å². The maximum absolute atomic E-state index is 6.41. The topological polar surface area (TPSA) is 26.0 Å². The zero-order chi connectivity index (χ0) is 15.4. The van der Waals surface area contributed by atoms with Gasteiger partial charge in [0.2, 0.25) is 0 Å². The molecule has 0 aliphatic rings. The van der Waals surface area contributed by atoms with Crippen LogP contribution < -0.4 is 5.73 Å². The standard InChI is InChI=1S/C19H25NS/c1-5-18(20)19(17-9-7-6-8-14(17)3)21-16-11-10-13(2)15(4)12-16/h6-12,18-19H,5,20H2,1-4H3. The van der Waals surface area contributed by atoms with Gasteiger partial charge in [-0.15, -0.1) is 11.8 Å². The van der Waals surface area contributed by atoms with Crippen molar-refractivity contribution in [2.75, 3.05) is 0 Å². The summed E-state index contributed by atoms with van der Waals surface area (Å²) >= 11 is 1.89. The van der Waals surface area contributed by atoms with Crippen molar-refractivity contribution < 1.29 is 0 Å². The fourth-order valence-electron chi connectivity index (χ4n) is 2.44. The first kappa shape index (κ1) is 16.1. The Bertz CT molecular complexity index is 606. The van der Waals surface area contributed by atoms with Gasteiger partial charge in [0.05, 0.1) is 0 Å². The molecular weight excluding hydrogens is 274 g/mol. The van der Waals surface area contributed by atoms with Crippen molar-refractivity contribution in [3.05, 3.63) is 64.7 Å². The third kappa shape index (κ3) is 3.90. The summed E-state index contributed by atoms with van der Waals surface area (Å²) in [4.78, 5) is 1.30. The average Bonchev–Trinajstić information content (AvgIpc) is 2.48. The van der Waals surface area contributed by atoms with Crippen molar-refractivity contribution in [3.63, 3.8) is 0 Å². The fourth-order valence-corrected chi connectivity index (χ4v) is 3.88. The van der Waals surface area contributed by atoms with Crippen molar-refractivity contribution in [3.8, 4) is 0 Å². The first-order valence-electron chi connectivity index (χ1n) is 7.58. The lowest BCUT2D eigenvalue weighted by molar-refractivity contribution is 0.632. The Morgan fingerprint density at radius 3 is 2.29 bits per heavy atom. The molecule has 2 heteroatoms. The van der Waals surface area contributed by atoms with E-state index in [4.69, 9.17) is 5.73 Å². The summed E-state index contributed by atoms with van der Waals surface area (Å²) in [6, 6.07) is 15.4. The molecule has 2 aromatic rings. The third-order valence-corrected chi connectivity index (χ3v) is 5.48. The van der Waals surface area contributed by atoms with Crippen molar-refractivity contribution in [2.24, 2.45) is 5.73 Å². The van der Waals surface area contributed by atoms with E-state index in [0.717, 1.165) is 6.42 Å². The van der Waals surface area contributed by atoms with Crippen LogP contribution in [0, 0.1) is 20.8 Å². The van der Waals surface area contributed by atoms with Gasteiger partial charge in [-0.1, -0.05) is 37.3 Å². The van der Waals surface area contributed by atoms with Crippen LogP contribution in [0.3, 0.4) is 0 Å². The molecule has 0 saturated heterocycles. The number of nitrogens with two attached hydrogens (primary N) is 1. The molecule has 0 saturated carbocycles. The average molecular weight is 299 g/mol. The number of hydrogen-bond acceptors (Lipinski definition) is 2. The summed E-state index contributed by atoms with van der Waals surface area (Å²) in [5.74, 6) is 0. The molecule has 0 radical (unpaired) electrons. The summed E-state index contributed by atoms with van der Waals surface area (Å²) in [6.07, 6.45) is 0.983. The van der Waals surface area contributed by atoms with E-state index in [2.05, 4.69) is 70.2 Å². The number of thioether (sulfide) groups is 1. The summed E-state index contributed by atoms with van der Waals surface area (Å²) in [5.41, 5.74) is 11.8. The van der Waals surface area contributed by atoms with Crippen LogP contribution in [0.5, 0.6) is 0 Å². The first-order valence-corrected chi connectivity index (χ1v) is 8.46. The number of benzene rings is 2. The Hall–Kier alpha value is -1.25. The van der Waals surface area contributed by atoms with Crippen LogP contribution in [-0.2, 0) is 0 Å². The Balaban J connectivity index is 2.33. The van der Waals surface area contributed by atoms with E-state index in [1.165, 1.54) is 27.1 Å². The van der Waals surface area contributed by atoms with Gasteiger partial charge >= 0.3 is 0 Å². The Kier molecular flexibility index (Phi) is 5.49. The molecule has 2 unspecified atom stereocenters. The second kappa shape index (κ2) is 7.15. The van der Waals surface area contributed by atoms with E-state index in [1.54, 1.807) is 0 Å². The summed E-state index contributed by atoms with van der Waals surface area (Å²) in [5, 5.41) is 0.304. The minimum absolute atomic E-state index is 0.165. The van der Waals surface area contributed by atoms with Gasteiger partial charge in [-0.05, 0) is 61.6 Å². The lowest BCUT2D eigenvalue weighted by Gasteiger charge is -2.25. The zero-order valence-electron chi connectivity index (χ0n) is 13.4. The van der Waals surface area contributed by atoms with Crippen LogP contribution in [-0.4, -0.2) is 6.04 Å². The van der Waals surface area contributed by atoms with E-state index in [1.807, 2.05) is 11.8 Å². The second-order valence-corrected chi connectivity index (χ2v) is 6.93. The highest BCUT2D eigenvalue weighted by atomic mass is 32.2. The minimum Gasteiger partial charge on any atom is -0.326 e. The molecular formula is C19H25NS. The largest absolute Gasteiger partial charge is 0.326 e. The number of rotatable bonds is 5. The molecule has 1 nitrogen and oxygen atoms in total. The zero-order valence-corrected chi connectivity index (χ0v) is 14.2. The van der Waals surface area contributed by atoms with Crippen LogP contribution in [0.2, 0.25) is 0 Å². The summed E-state index contributed by atoms with van der Waals surface area (Å²) in [7, 11) is 0. The van der Waals surface area contributed by atoms with E-state index in [0.29, 0.717) is 5.25 Å². The normalized spacial score (nSPS) is 14.0. The van der Waals surface area contributed by atoms with E-state index >= 15 is 0 Å². The number of aryl methyl sites for hydroxylation is 3. The van der Waals surface area contributed by atoms with Gasteiger partial charge in [0, 0.05) is 16.2 Å². The molecule has 2 N–H and O–H groups in total. The molecule has 112 valence electrons. The third-order valence-electron chi connectivity index (χ3n) is 4.10. The maximum Gasteiger partial charge on any atom is 0.0498 e. The van der Waals surface area contributed by atoms with Crippen molar-refractivity contribution in [2.45, 2.75) is 50.3 Å². The molecule has 0 bridgehead atoms. The molecule has 21 heavy (non-hydrogen) atoms.